The first-order chi connectivity index (χ1) is 13.8. The van der Waals surface area contributed by atoms with Crippen LogP contribution in [0.5, 0.6) is 5.88 Å². The lowest BCUT2D eigenvalue weighted by molar-refractivity contribution is -0.386. The minimum Gasteiger partial charge on any atom is -0.463 e. The summed E-state index contributed by atoms with van der Waals surface area (Å²) in [4.78, 5) is 30.6. The molecule has 1 amide bonds. The number of ether oxygens (including phenoxy) is 1. The summed E-state index contributed by atoms with van der Waals surface area (Å²) in [6, 6.07) is 7.42. The highest BCUT2D eigenvalue weighted by Crippen LogP contribution is 2.27. The van der Waals surface area contributed by atoms with E-state index in [0.29, 0.717) is 26.2 Å². The summed E-state index contributed by atoms with van der Waals surface area (Å²) in [5.41, 5.74) is 0.616. The molecule has 0 saturated carbocycles. The molecule has 0 radical (unpaired) electrons. The van der Waals surface area contributed by atoms with E-state index in [4.69, 9.17) is 16.3 Å². The number of hydrogen-bond acceptors (Lipinski definition) is 6. The van der Waals surface area contributed by atoms with Gasteiger partial charge in [-0.3, -0.25) is 19.8 Å². The topological polar surface area (TPSA) is 88.8 Å². The van der Waals surface area contributed by atoms with Crippen molar-refractivity contribution in [1.82, 2.24) is 14.8 Å². The van der Waals surface area contributed by atoms with E-state index in [0.717, 1.165) is 11.6 Å². The number of carbonyl (C=O) groups is 1. The van der Waals surface area contributed by atoms with Crippen LogP contribution in [0.4, 0.5) is 10.1 Å². The van der Waals surface area contributed by atoms with Gasteiger partial charge in [-0.2, -0.15) is 0 Å². The molecule has 1 aliphatic rings. The van der Waals surface area contributed by atoms with Gasteiger partial charge < -0.3 is 9.64 Å². The van der Waals surface area contributed by atoms with Crippen LogP contribution in [0.1, 0.15) is 12.5 Å². The van der Waals surface area contributed by atoms with Crippen molar-refractivity contribution in [2.24, 2.45) is 0 Å². The number of benzene rings is 1. The third-order valence-corrected chi connectivity index (χ3v) is 4.89. The zero-order valence-electron chi connectivity index (χ0n) is 15.8. The van der Waals surface area contributed by atoms with Gasteiger partial charge in [-0.05, 0) is 24.6 Å². The Kier molecular flexibility index (Phi) is 6.60. The van der Waals surface area contributed by atoms with Gasteiger partial charge >= 0.3 is 5.69 Å². The Balaban J connectivity index is 1.55. The second-order valence-electron chi connectivity index (χ2n) is 6.82. The lowest BCUT2D eigenvalue weighted by atomic mass is 10.1. The van der Waals surface area contributed by atoms with Crippen LogP contribution < -0.4 is 4.74 Å². The van der Waals surface area contributed by atoms with Crippen molar-refractivity contribution in [3.05, 3.63) is 63.0 Å². The number of amides is 1. The monoisotopic (exact) mass is 422 g/mol. The molecule has 1 aromatic heterocycles. The van der Waals surface area contributed by atoms with Crippen LogP contribution in [0.25, 0.3) is 0 Å². The van der Waals surface area contributed by atoms with Gasteiger partial charge in [-0.1, -0.05) is 23.7 Å². The van der Waals surface area contributed by atoms with Crippen LogP contribution in [-0.4, -0.2) is 57.9 Å². The number of nitrogens with zero attached hydrogens (tertiary/aromatic N) is 4. The summed E-state index contributed by atoms with van der Waals surface area (Å²) in [6.07, 6.45) is 1.23. The van der Waals surface area contributed by atoms with Crippen molar-refractivity contribution in [2.75, 3.05) is 26.2 Å². The Morgan fingerprint density at radius 3 is 2.76 bits per heavy atom. The second kappa shape index (κ2) is 9.15. The van der Waals surface area contributed by atoms with E-state index in [2.05, 4.69) is 9.88 Å². The van der Waals surface area contributed by atoms with Crippen molar-refractivity contribution in [2.45, 2.75) is 19.5 Å². The summed E-state index contributed by atoms with van der Waals surface area (Å²) in [5.74, 6) is -0.784. The maximum absolute atomic E-state index is 13.0. The molecule has 0 spiro atoms. The standard InChI is InChI=1S/C19H20ClFN4O4/c1-13-10-23(11-14-2-4-16(21)5-3-14)6-7-24(13)18(26)12-29-19-17(25(27)28)8-15(20)9-22-19/h2-5,8-9,13H,6-7,10-12H2,1H3/t13-/m1/s1. The number of aromatic nitrogens is 1. The lowest BCUT2D eigenvalue weighted by Crippen LogP contribution is -2.54. The number of hydrogen-bond donors (Lipinski definition) is 0. The molecular formula is C19H20ClFN4O4. The minimum absolute atomic E-state index is 0.0616. The van der Waals surface area contributed by atoms with Crippen molar-refractivity contribution < 1.29 is 18.8 Å². The SMILES string of the molecule is C[C@@H]1CN(Cc2ccc(F)cc2)CCN1C(=O)COc1ncc(Cl)cc1[N+](=O)[O-]. The maximum atomic E-state index is 13.0. The summed E-state index contributed by atoms with van der Waals surface area (Å²) < 4.78 is 18.3. The number of nitro groups is 1. The van der Waals surface area contributed by atoms with Crippen molar-refractivity contribution in [3.63, 3.8) is 0 Å². The molecule has 0 N–H and O–H groups in total. The molecule has 2 heterocycles. The summed E-state index contributed by atoms with van der Waals surface area (Å²) >= 11 is 5.72. The quantitative estimate of drug-likeness (QED) is 0.525. The Morgan fingerprint density at radius 1 is 1.38 bits per heavy atom. The highest BCUT2D eigenvalue weighted by atomic mass is 35.5. The summed E-state index contributed by atoms with van der Waals surface area (Å²) in [6.45, 7) is 4.06. The van der Waals surface area contributed by atoms with E-state index in [1.54, 1.807) is 17.0 Å². The Hall–Kier alpha value is -2.78. The highest BCUT2D eigenvalue weighted by molar-refractivity contribution is 6.30. The average molecular weight is 423 g/mol. The average Bonchev–Trinajstić information content (AvgIpc) is 2.68. The molecule has 2 aromatic rings. The van der Waals surface area contributed by atoms with Gasteiger partial charge in [0.2, 0.25) is 0 Å². The first kappa shape index (κ1) is 20.9. The van der Waals surface area contributed by atoms with Crippen molar-refractivity contribution >= 4 is 23.2 Å². The minimum atomic E-state index is -0.657. The number of carbonyl (C=O) groups excluding carboxylic acids is 1. The van der Waals surface area contributed by atoms with E-state index in [1.807, 2.05) is 6.92 Å². The molecule has 154 valence electrons. The zero-order valence-corrected chi connectivity index (χ0v) is 16.5. The molecule has 0 bridgehead atoms. The van der Waals surface area contributed by atoms with Crippen LogP contribution in [0.2, 0.25) is 5.02 Å². The Bertz CT molecular complexity index is 896. The predicted octanol–water partition coefficient (Wildman–Crippen LogP) is 2.89. The normalized spacial score (nSPS) is 17.2. The number of pyridine rings is 1. The van der Waals surface area contributed by atoms with Gasteiger partial charge in [0, 0.05) is 38.3 Å². The second-order valence-corrected chi connectivity index (χ2v) is 7.26. The van der Waals surface area contributed by atoms with E-state index in [1.165, 1.54) is 18.3 Å². The van der Waals surface area contributed by atoms with Crippen LogP contribution in [0.3, 0.4) is 0 Å². The first-order valence-corrected chi connectivity index (χ1v) is 9.40. The molecule has 0 aliphatic carbocycles. The van der Waals surface area contributed by atoms with Gasteiger partial charge in [0.1, 0.15) is 5.82 Å². The largest absolute Gasteiger partial charge is 0.463 e. The third kappa shape index (κ3) is 5.39. The Morgan fingerprint density at radius 2 is 2.10 bits per heavy atom. The van der Waals surface area contributed by atoms with Crippen molar-refractivity contribution in [3.8, 4) is 5.88 Å². The number of piperazine rings is 1. The van der Waals surface area contributed by atoms with E-state index < -0.39 is 4.92 Å². The molecule has 1 aliphatic heterocycles. The van der Waals surface area contributed by atoms with E-state index in [-0.39, 0.29) is 41.0 Å². The Labute approximate surface area is 172 Å². The number of rotatable bonds is 6. The molecule has 1 fully saturated rings. The van der Waals surface area contributed by atoms with Gasteiger partial charge in [-0.15, -0.1) is 0 Å². The van der Waals surface area contributed by atoms with Crippen molar-refractivity contribution in [1.29, 1.82) is 0 Å². The molecule has 1 aromatic carbocycles. The van der Waals surface area contributed by atoms with Crippen LogP contribution in [0.15, 0.2) is 36.5 Å². The van der Waals surface area contributed by atoms with Crippen LogP contribution >= 0.6 is 11.6 Å². The molecule has 3 rings (SSSR count). The molecule has 1 saturated heterocycles. The molecule has 0 unspecified atom stereocenters. The third-order valence-electron chi connectivity index (χ3n) is 4.68. The zero-order chi connectivity index (χ0) is 21.0. The maximum Gasteiger partial charge on any atom is 0.332 e. The van der Waals surface area contributed by atoms with Gasteiger partial charge in [0.05, 0.1) is 16.1 Å². The highest BCUT2D eigenvalue weighted by Gasteiger charge is 2.28. The summed E-state index contributed by atoms with van der Waals surface area (Å²) in [7, 11) is 0. The predicted molar refractivity (Wildman–Crippen MR) is 104 cm³/mol. The summed E-state index contributed by atoms with van der Waals surface area (Å²) in [5, 5.41) is 11.2. The van der Waals surface area contributed by atoms with E-state index in [9.17, 15) is 19.3 Å². The van der Waals surface area contributed by atoms with Crippen LogP contribution in [-0.2, 0) is 11.3 Å². The lowest BCUT2D eigenvalue weighted by Gasteiger charge is -2.39. The fourth-order valence-corrected chi connectivity index (χ4v) is 3.42. The van der Waals surface area contributed by atoms with Crippen LogP contribution in [0, 0.1) is 15.9 Å². The molecule has 29 heavy (non-hydrogen) atoms. The molecule has 8 nitrogen and oxygen atoms in total. The smallest absolute Gasteiger partial charge is 0.332 e. The fourth-order valence-electron chi connectivity index (χ4n) is 3.27. The first-order valence-electron chi connectivity index (χ1n) is 9.02. The molecule has 1 atom stereocenters. The van der Waals surface area contributed by atoms with Gasteiger partial charge in [0.15, 0.2) is 6.61 Å². The van der Waals surface area contributed by atoms with E-state index >= 15 is 0 Å². The van der Waals surface area contributed by atoms with Gasteiger partial charge in [0.25, 0.3) is 11.8 Å². The molecule has 10 heteroatoms. The number of halogens is 2. The van der Waals surface area contributed by atoms with Gasteiger partial charge in [-0.25, -0.2) is 9.37 Å². The fraction of sp³-hybridized carbons (Fsp3) is 0.368. The molecular weight excluding hydrogens is 403 g/mol.